The molecule has 0 aliphatic rings. The van der Waals surface area contributed by atoms with Crippen LogP contribution in [-0.4, -0.2) is 47.4 Å². The van der Waals surface area contributed by atoms with E-state index in [4.69, 9.17) is 27.4 Å². The summed E-state index contributed by atoms with van der Waals surface area (Å²) in [7, 11) is 0. The molecule has 9 N–H and O–H groups in total. The number of primary amides is 1. The van der Waals surface area contributed by atoms with Crippen LogP contribution in [0.15, 0.2) is 0 Å². The highest BCUT2D eigenvalue weighted by molar-refractivity contribution is 5.77. The zero-order chi connectivity index (χ0) is 15.3. The van der Waals surface area contributed by atoms with Crippen LogP contribution < -0.4 is 22.5 Å². The maximum atomic E-state index is 10.5. The van der Waals surface area contributed by atoms with Crippen LogP contribution in [0.1, 0.15) is 32.6 Å². The fourth-order valence-electron chi connectivity index (χ4n) is 1.17. The SMILES string of the molecule is CCCC(N)N.NC(=O)CC[C@H](NCCO)C(=O)O. The zero-order valence-corrected chi connectivity index (χ0v) is 11.3. The molecule has 0 radical (unpaired) electrons. The summed E-state index contributed by atoms with van der Waals surface area (Å²) in [5, 5.41) is 19.6. The van der Waals surface area contributed by atoms with Gasteiger partial charge in [0.05, 0.1) is 12.8 Å². The molecule has 0 unspecified atom stereocenters. The number of carbonyl (C=O) groups is 2. The summed E-state index contributed by atoms with van der Waals surface area (Å²) >= 11 is 0. The lowest BCUT2D eigenvalue weighted by molar-refractivity contribution is -0.139. The Morgan fingerprint density at radius 2 is 1.84 bits per heavy atom. The van der Waals surface area contributed by atoms with Gasteiger partial charge in [-0.25, -0.2) is 0 Å². The number of aliphatic hydroxyl groups is 1. The number of rotatable bonds is 9. The molecule has 0 saturated carbocycles. The molecule has 0 heterocycles. The summed E-state index contributed by atoms with van der Waals surface area (Å²) in [5.74, 6) is -1.58. The van der Waals surface area contributed by atoms with E-state index in [0.717, 1.165) is 12.8 Å². The molecule has 0 aromatic carbocycles. The number of hydrogen-bond donors (Lipinski definition) is 6. The Morgan fingerprint density at radius 3 is 2.11 bits per heavy atom. The molecule has 0 rings (SSSR count). The van der Waals surface area contributed by atoms with Crippen LogP contribution in [0.2, 0.25) is 0 Å². The number of aliphatic carboxylic acids is 1. The fourth-order valence-corrected chi connectivity index (χ4v) is 1.17. The molecule has 0 aliphatic heterocycles. The molecule has 1 atom stereocenters. The van der Waals surface area contributed by atoms with E-state index in [1.54, 1.807) is 0 Å². The largest absolute Gasteiger partial charge is 0.480 e. The first kappa shape index (κ1) is 20.1. The summed E-state index contributed by atoms with van der Waals surface area (Å²) in [6.07, 6.45) is 2.08. The van der Waals surface area contributed by atoms with E-state index in [9.17, 15) is 9.59 Å². The molecule has 0 saturated heterocycles. The number of amides is 1. The minimum Gasteiger partial charge on any atom is -0.480 e. The van der Waals surface area contributed by atoms with E-state index in [1.807, 2.05) is 0 Å². The molecular weight excluding hydrogens is 252 g/mol. The van der Waals surface area contributed by atoms with Crippen molar-refractivity contribution in [1.29, 1.82) is 0 Å². The number of nitrogens with one attached hydrogen (secondary N) is 1. The summed E-state index contributed by atoms with van der Waals surface area (Å²) in [5.41, 5.74) is 15.2. The lowest BCUT2D eigenvalue weighted by Crippen LogP contribution is -2.39. The third kappa shape index (κ3) is 16.8. The number of nitrogens with two attached hydrogens (primary N) is 3. The van der Waals surface area contributed by atoms with E-state index in [0.29, 0.717) is 0 Å². The second-order valence-corrected chi connectivity index (χ2v) is 4.03. The van der Waals surface area contributed by atoms with Crippen molar-refractivity contribution >= 4 is 11.9 Å². The van der Waals surface area contributed by atoms with Gasteiger partial charge in [-0.3, -0.25) is 9.59 Å². The first-order valence-electron chi connectivity index (χ1n) is 6.21. The van der Waals surface area contributed by atoms with Crippen LogP contribution in [0.4, 0.5) is 0 Å². The van der Waals surface area contributed by atoms with Gasteiger partial charge in [0.25, 0.3) is 0 Å². The summed E-state index contributed by atoms with van der Waals surface area (Å²) in [6, 6.07) is -0.820. The molecular formula is C11H26N4O4. The highest BCUT2D eigenvalue weighted by Crippen LogP contribution is 1.96. The maximum absolute atomic E-state index is 10.5. The number of hydrogen-bond acceptors (Lipinski definition) is 6. The molecule has 8 heteroatoms. The smallest absolute Gasteiger partial charge is 0.320 e. The quantitative estimate of drug-likeness (QED) is 0.274. The van der Waals surface area contributed by atoms with E-state index in [2.05, 4.69) is 12.2 Å². The van der Waals surface area contributed by atoms with Crippen LogP contribution in [0.5, 0.6) is 0 Å². The van der Waals surface area contributed by atoms with E-state index in [-0.39, 0.29) is 32.2 Å². The molecule has 0 bridgehead atoms. The van der Waals surface area contributed by atoms with Gasteiger partial charge in [-0.1, -0.05) is 13.3 Å². The predicted molar refractivity (Wildman–Crippen MR) is 72.0 cm³/mol. The van der Waals surface area contributed by atoms with Crippen molar-refractivity contribution in [1.82, 2.24) is 5.32 Å². The van der Waals surface area contributed by atoms with Crippen LogP contribution in [0.3, 0.4) is 0 Å². The minimum atomic E-state index is -1.05. The highest BCUT2D eigenvalue weighted by Gasteiger charge is 2.16. The Hall–Kier alpha value is -1.22. The Morgan fingerprint density at radius 1 is 1.26 bits per heavy atom. The molecule has 0 fully saturated rings. The fraction of sp³-hybridized carbons (Fsp3) is 0.818. The third-order valence-corrected chi connectivity index (χ3v) is 2.10. The van der Waals surface area contributed by atoms with Crippen molar-refractivity contribution in [3.05, 3.63) is 0 Å². The van der Waals surface area contributed by atoms with Crippen molar-refractivity contribution in [2.75, 3.05) is 13.2 Å². The number of carboxylic acid groups (broad SMARTS) is 1. The van der Waals surface area contributed by atoms with Gasteiger partial charge >= 0.3 is 5.97 Å². The summed E-state index contributed by atoms with van der Waals surface area (Å²) in [4.78, 5) is 20.9. The van der Waals surface area contributed by atoms with Gasteiger partial charge in [-0.15, -0.1) is 0 Å². The van der Waals surface area contributed by atoms with Crippen LogP contribution in [0, 0.1) is 0 Å². The van der Waals surface area contributed by atoms with Crippen LogP contribution in [-0.2, 0) is 9.59 Å². The monoisotopic (exact) mass is 278 g/mol. The Bertz CT molecular complexity index is 249. The zero-order valence-electron chi connectivity index (χ0n) is 11.3. The van der Waals surface area contributed by atoms with Crippen LogP contribution in [0.25, 0.3) is 0 Å². The molecule has 8 nitrogen and oxygen atoms in total. The molecule has 0 aromatic rings. The van der Waals surface area contributed by atoms with Crippen molar-refractivity contribution in [2.24, 2.45) is 17.2 Å². The van der Waals surface area contributed by atoms with Gasteiger partial charge in [0.1, 0.15) is 6.04 Å². The molecule has 19 heavy (non-hydrogen) atoms. The average Bonchev–Trinajstić information content (AvgIpc) is 2.28. The molecule has 0 aliphatic carbocycles. The van der Waals surface area contributed by atoms with Crippen molar-refractivity contribution in [2.45, 2.75) is 44.8 Å². The normalized spacial score (nSPS) is 11.6. The lowest BCUT2D eigenvalue weighted by atomic mass is 10.1. The van der Waals surface area contributed by atoms with Gasteiger partial charge in [0.15, 0.2) is 0 Å². The number of carbonyl (C=O) groups excluding carboxylic acids is 1. The van der Waals surface area contributed by atoms with Gasteiger partial charge < -0.3 is 32.7 Å². The average molecular weight is 278 g/mol. The summed E-state index contributed by atoms with van der Waals surface area (Å²) < 4.78 is 0. The molecule has 1 amide bonds. The molecule has 0 spiro atoms. The minimum absolute atomic E-state index is 0.0232. The van der Waals surface area contributed by atoms with Gasteiger partial charge in [0, 0.05) is 13.0 Å². The molecule has 0 aromatic heterocycles. The van der Waals surface area contributed by atoms with E-state index >= 15 is 0 Å². The first-order chi connectivity index (χ1) is 8.84. The third-order valence-electron chi connectivity index (χ3n) is 2.10. The summed E-state index contributed by atoms with van der Waals surface area (Å²) in [6.45, 7) is 2.11. The number of carboxylic acids is 1. The topological polar surface area (TPSA) is 165 Å². The lowest BCUT2D eigenvalue weighted by Gasteiger charge is -2.11. The van der Waals surface area contributed by atoms with Gasteiger partial charge in [0.2, 0.25) is 5.91 Å². The Labute approximate surface area is 113 Å². The predicted octanol–water partition coefficient (Wildman–Crippen LogP) is -1.68. The van der Waals surface area contributed by atoms with Crippen LogP contribution >= 0.6 is 0 Å². The first-order valence-corrected chi connectivity index (χ1v) is 6.21. The standard InChI is InChI=1S/C7H14N2O4.C4H12N2/c8-6(11)2-1-5(7(12)13)9-3-4-10;1-2-3-4(5)6/h5,9-10H,1-4H2,(H2,8,11)(H,12,13);4H,2-3,5-6H2,1H3/t5-;/m0./s1. The second kappa shape index (κ2) is 13.2. The van der Waals surface area contributed by atoms with Crippen molar-refractivity contribution < 1.29 is 19.8 Å². The van der Waals surface area contributed by atoms with Crippen molar-refractivity contribution in [3.63, 3.8) is 0 Å². The van der Waals surface area contributed by atoms with Crippen molar-refractivity contribution in [3.8, 4) is 0 Å². The highest BCUT2D eigenvalue weighted by atomic mass is 16.4. The Balaban J connectivity index is 0. The van der Waals surface area contributed by atoms with Gasteiger partial charge in [-0.2, -0.15) is 0 Å². The maximum Gasteiger partial charge on any atom is 0.320 e. The van der Waals surface area contributed by atoms with E-state index < -0.39 is 17.9 Å². The van der Waals surface area contributed by atoms with E-state index in [1.165, 1.54) is 0 Å². The van der Waals surface area contributed by atoms with Gasteiger partial charge in [-0.05, 0) is 12.8 Å². The molecule has 114 valence electrons. The number of aliphatic hydroxyl groups excluding tert-OH is 1. The second-order valence-electron chi connectivity index (χ2n) is 4.03. The Kier molecular flexibility index (Phi) is 14.0.